The molecule has 1 rings (SSSR count). The molecule has 1 aromatic rings. The van der Waals surface area contributed by atoms with E-state index in [4.69, 9.17) is 5.11 Å². The fourth-order valence-electron chi connectivity index (χ4n) is 1.21. The van der Waals surface area contributed by atoms with Crippen LogP contribution in [0.1, 0.15) is 11.1 Å². The second-order valence-electron chi connectivity index (χ2n) is 3.36. The van der Waals surface area contributed by atoms with E-state index in [1.54, 1.807) is 18.2 Å². The van der Waals surface area contributed by atoms with Crippen molar-refractivity contribution in [2.24, 2.45) is 0 Å². The molecule has 0 atom stereocenters. The third-order valence-electron chi connectivity index (χ3n) is 2.10. The number of amides is 1. The number of carboxylic acids is 1. The van der Waals surface area contributed by atoms with Crippen LogP contribution >= 0.6 is 0 Å². The predicted octanol–water partition coefficient (Wildman–Crippen LogP) is 2.27. The van der Waals surface area contributed by atoms with Crippen LogP contribution in [0.25, 0.3) is 6.08 Å². The van der Waals surface area contributed by atoms with Crippen molar-refractivity contribution >= 4 is 23.8 Å². The topological polar surface area (TPSA) is 75.6 Å². The van der Waals surface area contributed by atoms with Gasteiger partial charge in [-0.05, 0) is 30.2 Å². The van der Waals surface area contributed by atoms with Crippen LogP contribution in [0.4, 0.5) is 10.5 Å². The molecule has 1 amide bonds. The van der Waals surface area contributed by atoms with Crippen molar-refractivity contribution in [1.82, 2.24) is 0 Å². The summed E-state index contributed by atoms with van der Waals surface area (Å²) in [5, 5.41) is 11.1. The molecule has 0 aliphatic carbocycles. The van der Waals surface area contributed by atoms with Gasteiger partial charge in [-0.15, -0.1) is 0 Å². The van der Waals surface area contributed by atoms with Crippen LogP contribution in [-0.4, -0.2) is 24.3 Å². The predicted molar refractivity (Wildman–Crippen MR) is 63.9 cm³/mol. The maximum Gasteiger partial charge on any atom is 0.411 e. The molecule has 0 aliphatic heterocycles. The van der Waals surface area contributed by atoms with Gasteiger partial charge in [-0.1, -0.05) is 12.1 Å². The van der Waals surface area contributed by atoms with Crippen molar-refractivity contribution in [3.8, 4) is 0 Å². The molecule has 90 valence electrons. The largest absolute Gasteiger partial charge is 0.478 e. The fourth-order valence-corrected chi connectivity index (χ4v) is 1.21. The molecule has 0 aromatic heterocycles. The maximum absolute atomic E-state index is 11.1. The van der Waals surface area contributed by atoms with E-state index in [9.17, 15) is 9.59 Å². The van der Waals surface area contributed by atoms with Gasteiger partial charge in [-0.3, -0.25) is 5.32 Å². The minimum absolute atomic E-state index is 0.563. The number of ether oxygens (including phenoxy) is 1. The number of aryl methyl sites for hydroxylation is 1. The minimum atomic E-state index is -1.02. The van der Waals surface area contributed by atoms with Crippen LogP contribution in [-0.2, 0) is 9.53 Å². The summed E-state index contributed by atoms with van der Waals surface area (Å²) >= 11 is 0. The molecule has 0 saturated carbocycles. The Morgan fingerprint density at radius 3 is 2.71 bits per heavy atom. The molecule has 0 bridgehead atoms. The molecule has 5 heteroatoms. The third-order valence-corrected chi connectivity index (χ3v) is 2.10. The van der Waals surface area contributed by atoms with Crippen LogP contribution in [0.5, 0.6) is 0 Å². The molecule has 0 radical (unpaired) electrons. The van der Waals surface area contributed by atoms with E-state index in [0.29, 0.717) is 11.3 Å². The van der Waals surface area contributed by atoms with E-state index in [1.165, 1.54) is 13.2 Å². The van der Waals surface area contributed by atoms with E-state index < -0.39 is 12.1 Å². The van der Waals surface area contributed by atoms with Gasteiger partial charge in [-0.2, -0.15) is 0 Å². The summed E-state index contributed by atoms with van der Waals surface area (Å²) in [7, 11) is 1.28. The smallest absolute Gasteiger partial charge is 0.411 e. The lowest BCUT2D eigenvalue weighted by Crippen LogP contribution is -2.11. The van der Waals surface area contributed by atoms with E-state index in [-0.39, 0.29) is 0 Å². The lowest BCUT2D eigenvalue weighted by atomic mass is 10.1. The summed E-state index contributed by atoms with van der Waals surface area (Å²) in [6, 6.07) is 5.22. The van der Waals surface area contributed by atoms with Gasteiger partial charge in [0.1, 0.15) is 0 Å². The standard InChI is InChI=1S/C12H13NO4/c1-8-3-4-9(5-6-11(14)15)7-10(8)13-12(16)17-2/h3-7H,1-2H3,(H,13,16)(H,14,15)/b6-5+. The van der Waals surface area contributed by atoms with Gasteiger partial charge in [0.25, 0.3) is 0 Å². The molecule has 2 N–H and O–H groups in total. The van der Waals surface area contributed by atoms with Gasteiger partial charge in [-0.25, -0.2) is 9.59 Å². The highest BCUT2D eigenvalue weighted by atomic mass is 16.5. The Bertz CT molecular complexity index is 466. The van der Waals surface area contributed by atoms with Crippen molar-refractivity contribution in [3.05, 3.63) is 35.4 Å². The van der Waals surface area contributed by atoms with E-state index in [2.05, 4.69) is 10.1 Å². The molecule has 5 nitrogen and oxygen atoms in total. The third kappa shape index (κ3) is 3.98. The number of rotatable bonds is 3. The number of benzene rings is 1. The summed E-state index contributed by atoms with van der Waals surface area (Å²) < 4.78 is 4.49. The SMILES string of the molecule is COC(=O)Nc1cc(/C=C/C(=O)O)ccc1C. The first-order valence-corrected chi connectivity index (χ1v) is 4.89. The van der Waals surface area contributed by atoms with E-state index >= 15 is 0 Å². The summed E-state index contributed by atoms with van der Waals surface area (Å²) in [5.41, 5.74) is 2.14. The van der Waals surface area contributed by atoms with Crippen LogP contribution < -0.4 is 5.32 Å². The number of anilines is 1. The highest BCUT2D eigenvalue weighted by Gasteiger charge is 2.04. The number of hydrogen-bond donors (Lipinski definition) is 2. The molecule has 0 saturated heterocycles. The monoisotopic (exact) mass is 235 g/mol. The fraction of sp³-hybridized carbons (Fsp3) is 0.167. The lowest BCUT2D eigenvalue weighted by molar-refractivity contribution is -0.131. The number of hydrogen-bond acceptors (Lipinski definition) is 3. The summed E-state index contributed by atoms with van der Waals surface area (Å²) in [4.78, 5) is 21.4. The Balaban J connectivity index is 2.94. The van der Waals surface area contributed by atoms with Gasteiger partial charge in [0.15, 0.2) is 0 Å². The number of carbonyl (C=O) groups excluding carboxylic acids is 1. The van der Waals surface area contributed by atoms with Gasteiger partial charge < -0.3 is 9.84 Å². The Kier molecular flexibility index (Phi) is 4.28. The van der Waals surface area contributed by atoms with E-state index in [1.807, 2.05) is 6.92 Å². The molecule has 1 aromatic carbocycles. The summed E-state index contributed by atoms with van der Waals surface area (Å²) in [6.45, 7) is 1.83. The molecule has 0 fully saturated rings. The Morgan fingerprint density at radius 2 is 2.12 bits per heavy atom. The van der Waals surface area contributed by atoms with Crippen molar-refractivity contribution < 1.29 is 19.4 Å². The lowest BCUT2D eigenvalue weighted by Gasteiger charge is -2.07. The Morgan fingerprint density at radius 1 is 1.41 bits per heavy atom. The van der Waals surface area contributed by atoms with Gasteiger partial charge in [0, 0.05) is 11.8 Å². The molecule has 0 unspecified atom stereocenters. The first-order valence-electron chi connectivity index (χ1n) is 4.89. The first kappa shape index (κ1) is 12.8. The number of nitrogens with one attached hydrogen (secondary N) is 1. The molecule has 0 aliphatic rings. The van der Waals surface area contributed by atoms with Crippen molar-refractivity contribution in [1.29, 1.82) is 0 Å². The number of methoxy groups -OCH3 is 1. The zero-order chi connectivity index (χ0) is 12.8. The quantitative estimate of drug-likeness (QED) is 0.788. The number of carboxylic acid groups (broad SMARTS) is 1. The highest BCUT2D eigenvalue weighted by molar-refractivity contribution is 5.88. The van der Waals surface area contributed by atoms with Crippen molar-refractivity contribution in [2.45, 2.75) is 6.92 Å². The van der Waals surface area contributed by atoms with Crippen molar-refractivity contribution in [2.75, 3.05) is 12.4 Å². The van der Waals surface area contributed by atoms with Crippen LogP contribution in [0, 0.1) is 6.92 Å². The summed E-state index contributed by atoms with van der Waals surface area (Å²) in [6.07, 6.45) is 1.92. The Labute approximate surface area is 98.7 Å². The minimum Gasteiger partial charge on any atom is -0.478 e. The normalized spacial score (nSPS) is 10.2. The second kappa shape index (κ2) is 5.69. The molecule has 0 heterocycles. The van der Waals surface area contributed by atoms with Crippen LogP contribution in [0.3, 0.4) is 0 Å². The highest BCUT2D eigenvalue weighted by Crippen LogP contribution is 2.18. The second-order valence-corrected chi connectivity index (χ2v) is 3.36. The number of carbonyl (C=O) groups is 2. The van der Waals surface area contributed by atoms with Gasteiger partial charge in [0.05, 0.1) is 7.11 Å². The molecular weight excluding hydrogens is 222 g/mol. The van der Waals surface area contributed by atoms with Crippen molar-refractivity contribution in [3.63, 3.8) is 0 Å². The maximum atomic E-state index is 11.1. The average molecular weight is 235 g/mol. The summed E-state index contributed by atoms with van der Waals surface area (Å²) in [5.74, 6) is -1.02. The van der Waals surface area contributed by atoms with Gasteiger partial charge >= 0.3 is 12.1 Å². The molecular formula is C12H13NO4. The number of aliphatic carboxylic acids is 1. The molecule has 17 heavy (non-hydrogen) atoms. The van der Waals surface area contributed by atoms with Crippen LogP contribution in [0.2, 0.25) is 0 Å². The Hall–Kier alpha value is -2.30. The van der Waals surface area contributed by atoms with E-state index in [0.717, 1.165) is 11.6 Å². The zero-order valence-corrected chi connectivity index (χ0v) is 9.56. The first-order chi connectivity index (χ1) is 8.02. The zero-order valence-electron chi connectivity index (χ0n) is 9.56. The average Bonchev–Trinajstić information content (AvgIpc) is 2.29. The molecule has 0 spiro atoms. The van der Waals surface area contributed by atoms with Crippen LogP contribution in [0.15, 0.2) is 24.3 Å². The van der Waals surface area contributed by atoms with Gasteiger partial charge in [0.2, 0.25) is 0 Å².